The van der Waals surface area contributed by atoms with Crippen LogP contribution in [-0.2, 0) is 0 Å². The van der Waals surface area contributed by atoms with E-state index in [0.29, 0.717) is 12.1 Å². The first-order valence-corrected chi connectivity index (χ1v) is 7.50. The molecule has 0 radical (unpaired) electrons. The zero-order valence-corrected chi connectivity index (χ0v) is 11.9. The van der Waals surface area contributed by atoms with Gasteiger partial charge in [0.2, 0.25) is 0 Å². The lowest BCUT2D eigenvalue weighted by atomic mass is 10.1. The van der Waals surface area contributed by atoms with Crippen LogP contribution in [0.5, 0.6) is 0 Å². The highest BCUT2D eigenvalue weighted by Crippen LogP contribution is 2.36. The standard InChI is InChI=1S/C14H15N3O2S/c1-16-6-10-4-9(16)7-17(10)8-2-3-11-12(5-8)20-15-13(11)14(18)19/h2-3,5,9-10H,4,6-7H2,1H3,(H,18,19)/t9-,10-/m0/s1. The Hall–Kier alpha value is -1.66. The number of rotatable bonds is 2. The molecule has 0 spiro atoms. The summed E-state index contributed by atoms with van der Waals surface area (Å²) in [7, 11) is 2.19. The van der Waals surface area contributed by atoms with E-state index >= 15 is 0 Å². The molecule has 1 N–H and O–H groups in total. The quantitative estimate of drug-likeness (QED) is 0.915. The molecule has 2 saturated heterocycles. The Morgan fingerprint density at radius 2 is 2.25 bits per heavy atom. The van der Waals surface area contributed by atoms with Crippen LogP contribution in [0.4, 0.5) is 5.69 Å². The van der Waals surface area contributed by atoms with Gasteiger partial charge in [-0.3, -0.25) is 4.90 Å². The van der Waals surface area contributed by atoms with Crippen molar-refractivity contribution in [2.75, 3.05) is 25.0 Å². The van der Waals surface area contributed by atoms with Crippen molar-refractivity contribution in [3.8, 4) is 0 Å². The third kappa shape index (κ3) is 1.65. The topological polar surface area (TPSA) is 56.7 Å². The number of hydrogen-bond acceptors (Lipinski definition) is 5. The van der Waals surface area contributed by atoms with Crippen molar-refractivity contribution in [1.82, 2.24) is 9.27 Å². The lowest BCUT2D eigenvalue weighted by molar-refractivity contribution is 0.0694. The van der Waals surface area contributed by atoms with E-state index in [9.17, 15) is 4.79 Å². The predicted molar refractivity (Wildman–Crippen MR) is 78.7 cm³/mol. The van der Waals surface area contributed by atoms with Gasteiger partial charge >= 0.3 is 5.97 Å². The van der Waals surface area contributed by atoms with Crippen molar-refractivity contribution < 1.29 is 9.90 Å². The van der Waals surface area contributed by atoms with Crippen LogP contribution < -0.4 is 4.90 Å². The molecule has 0 saturated carbocycles. The van der Waals surface area contributed by atoms with E-state index < -0.39 is 5.97 Å². The van der Waals surface area contributed by atoms with Crippen LogP contribution in [0, 0.1) is 0 Å². The fraction of sp³-hybridized carbons (Fsp3) is 0.429. The highest BCUT2D eigenvalue weighted by molar-refractivity contribution is 7.13. The summed E-state index contributed by atoms with van der Waals surface area (Å²) in [6, 6.07) is 7.26. The van der Waals surface area contributed by atoms with Crippen LogP contribution in [0.2, 0.25) is 0 Å². The van der Waals surface area contributed by atoms with Crippen LogP contribution in [0.1, 0.15) is 16.9 Å². The first-order valence-electron chi connectivity index (χ1n) is 6.73. The van der Waals surface area contributed by atoms with Gasteiger partial charge < -0.3 is 10.0 Å². The second kappa shape index (κ2) is 4.17. The van der Waals surface area contributed by atoms with Crippen molar-refractivity contribution in [2.24, 2.45) is 0 Å². The maximum atomic E-state index is 11.1. The fourth-order valence-electron chi connectivity index (χ4n) is 3.44. The van der Waals surface area contributed by atoms with Crippen molar-refractivity contribution >= 4 is 33.3 Å². The highest BCUT2D eigenvalue weighted by atomic mass is 32.1. The zero-order valence-electron chi connectivity index (χ0n) is 11.1. The Balaban J connectivity index is 1.70. The summed E-state index contributed by atoms with van der Waals surface area (Å²) in [6.07, 6.45) is 1.23. The predicted octanol–water partition coefficient (Wildman–Crippen LogP) is 1.89. The number of carboxylic acids is 1. The maximum absolute atomic E-state index is 11.1. The van der Waals surface area contributed by atoms with Crippen LogP contribution in [0.3, 0.4) is 0 Å². The van der Waals surface area contributed by atoms with Crippen LogP contribution >= 0.6 is 11.5 Å². The molecule has 20 heavy (non-hydrogen) atoms. The van der Waals surface area contributed by atoms with E-state index in [1.54, 1.807) is 0 Å². The number of benzene rings is 1. The summed E-state index contributed by atoms with van der Waals surface area (Å²) in [5.74, 6) is -0.953. The van der Waals surface area contributed by atoms with Crippen molar-refractivity contribution in [2.45, 2.75) is 18.5 Å². The smallest absolute Gasteiger partial charge is 0.356 e. The third-order valence-corrected chi connectivity index (χ3v) is 5.31. The molecule has 4 rings (SSSR count). The van der Waals surface area contributed by atoms with Crippen molar-refractivity contribution in [1.29, 1.82) is 0 Å². The van der Waals surface area contributed by atoms with E-state index in [2.05, 4.69) is 27.3 Å². The molecule has 2 atom stereocenters. The highest BCUT2D eigenvalue weighted by Gasteiger charge is 2.41. The van der Waals surface area contributed by atoms with Crippen molar-refractivity contribution in [3.63, 3.8) is 0 Å². The molecule has 1 aromatic carbocycles. The number of nitrogens with zero attached hydrogens (tertiary/aromatic N) is 3. The molecule has 0 unspecified atom stereocenters. The summed E-state index contributed by atoms with van der Waals surface area (Å²) in [5, 5.41) is 9.84. The minimum atomic E-state index is -0.953. The zero-order chi connectivity index (χ0) is 13.9. The number of carboxylic acid groups (broad SMARTS) is 1. The minimum absolute atomic E-state index is 0.166. The molecule has 5 nitrogen and oxygen atoms in total. The first-order chi connectivity index (χ1) is 9.63. The SMILES string of the molecule is CN1C[C@@H]2C[C@H]1CN2c1ccc2c(C(=O)O)nsc2c1. The number of hydrogen-bond donors (Lipinski definition) is 1. The summed E-state index contributed by atoms with van der Waals surface area (Å²) in [5.41, 5.74) is 1.36. The van der Waals surface area contributed by atoms with E-state index in [1.807, 2.05) is 12.1 Å². The Bertz CT molecular complexity index is 697. The van der Waals surface area contributed by atoms with Crippen LogP contribution in [0.25, 0.3) is 10.1 Å². The summed E-state index contributed by atoms with van der Waals surface area (Å²) >= 11 is 1.27. The molecule has 2 fully saturated rings. The van der Waals surface area contributed by atoms with E-state index in [-0.39, 0.29) is 5.69 Å². The molecular formula is C14H15N3O2S. The molecule has 0 amide bonds. The number of fused-ring (bicyclic) bond motifs is 3. The molecule has 3 heterocycles. The molecule has 2 aliphatic heterocycles. The first kappa shape index (κ1) is 12.1. The van der Waals surface area contributed by atoms with Crippen molar-refractivity contribution in [3.05, 3.63) is 23.9 Å². The largest absolute Gasteiger partial charge is 0.476 e. The second-order valence-corrected chi connectivity index (χ2v) is 6.46. The number of aromatic nitrogens is 1. The Morgan fingerprint density at radius 3 is 2.90 bits per heavy atom. The normalized spacial score (nSPS) is 25.8. The van der Waals surface area contributed by atoms with E-state index in [4.69, 9.17) is 5.11 Å². The molecule has 6 heteroatoms. The van der Waals surface area contributed by atoms with Gasteiger partial charge in [0.1, 0.15) is 0 Å². The van der Waals surface area contributed by atoms with Crippen LogP contribution in [0.15, 0.2) is 18.2 Å². The van der Waals surface area contributed by atoms with Gasteiger partial charge in [0.05, 0.1) is 4.70 Å². The maximum Gasteiger partial charge on any atom is 0.356 e. The summed E-state index contributed by atoms with van der Waals surface area (Å²) in [4.78, 5) is 16.0. The minimum Gasteiger partial charge on any atom is -0.476 e. The fourth-order valence-corrected chi connectivity index (χ4v) is 4.24. The number of likely N-dealkylation sites (N-methyl/N-ethyl adjacent to an activating group) is 1. The number of piperazine rings is 1. The second-order valence-electron chi connectivity index (χ2n) is 5.65. The molecule has 2 aliphatic rings. The Labute approximate surface area is 120 Å². The monoisotopic (exact) mass is 289 g/mol. The summed E-state index contributed by atoms with van der Waals surface area (Å²) < 4.78 is 4.99. The van der Waals surface area contributed by atoms with Gasteiger partial charge in [0, 0.05) is 36.2 Å². The number of carbonyl (C=O) groups is 1. The molecule has 0 aliphatic carbocycles. The number of likely N-dealkylation sites (tertiary alicyclic amines) is 1. The molecule has 1 aromatic heterocycles. The van der Waals surface area contributed by atoms with Gasteiger partial charge in [0.25, 0.3) is 0 Å². The van der Waals surface area contributed by atoms with E-state index in [0.717, 1.165) is 23.2 Å². The number of aromatic carboxylic acids is 1. The van der Waals surface area contributed by atoms with Gasteiger partial charge in [-0.1, -0.05) is 0 Å². The molecular weight excluding hydrogens is 274 g/mol. The average molecular weight is 289 g/mol. The van der Waals surface area contributed by atoms with Gasteiger partial charge in [-0.15, -0.1) is 0 Å². The average Bonchev–Trinajstić information content (AvgIpc) is 3.09. The molecule has 2 aromatic rings. The Kier molecular flexibility index (Phi) is 2.52. The third-order valence-electron chi connectivity index (χ3n) is 4.50. The lowest BCUT2D eigenvalue weighted by Gasteiger charge is -2.33. The van der Waals surface area contributed by atoms with Gasteiger partial charge in [-0.25, -0.2) is 4.79 Å². The van der Waals surface area contributed by atoms with E-state index in [1.165, 1.54) is 23.6 Å². The van der Waals surface area contributed by atoms with Gasteiger partial charge in [0.15, 0.2) is 5.69 Å². The Morgan fingerprint density at radius 1 is 1.40 bits per heavy atom. The molecule has 2 bridgehead atoms. The van der Waals surface area contributed by atoms with Gasteiger partial charge in [-0.05, 0) is 43.2 Å². The summed E-state index contributed by atoms with van der Waals surface area (Å²) in [6.45, 7) is 2.18. The lowest BCUT2D eigenvalue weighted by Crippen LogP contribution is -2.44. The number of anilines is 1. The van der Waals surface area contributed by atoms with Crippen LogP contribution in [-0.4, -0.2) is 52.6 Å². The molecule has 104 valence electrons. The van der Waals surface area contributed by atoms with Gasteiger partial charge in [-0.2, -0.15) is 4.37 Å².